The van der Waals surface area contributed by atoms with Crippen molar-refractivity contribution in [2.75, 3.05) is 18.0 Å². The lowest BCUT2D eigenvalue weighted by Gasteiger charge is -2.33. The minimum Gasteiger partial charge on any atom is -0.356 e. The molecular weight excluding hydrogens is 401 g/mol. The van der Waals surface area contributed by atoms with Gasteiger partial charge < -0.3 is 14.7 Å². The number of amides is 1. The first-order valence-corrected chi connectivity index (χ1v) is 9.22. The third-order valence-electron chi connectivity index (χ3n) is 4.79. The first kappa shape index (κ1) is 19.8. The second kappa shape index (κ2) is 8.09. The Morgan fingerprint density at radius 2 is 2.00 bits per heavy atom. The van der Waals surface area contributed by atoms with Gasteiger partial charge in [0.25, 0.3) is 5.91 Å². The van der Waals surface area contributed by atoms with E-state index >= 15 is 0 Å². The van der Waals surface area contributed by atoms with Crippen molar-refractivity contribution in [2.24, 2.45) is 0 Å². The molecule has 1 amide bonds. The van der Waals surface area contributed by atoms with E-state index in [2.05, 4.69) is 25.4 Å². The summed E-state index contributed by atoms with van der Waals surface area (Å²) in [5, 5.41) is 6.70. The topological polar surface area (TPSA) is 97.0 Å². The van der Waals surface area contributed by atoms with Gasteiger partial charge in [0.15, 0.2) is 11.5 Å². The lowest BCUT2D eigenvalue weighted by Crippen LogP contribution is -2.45. The fourth-order valence-electron chi connectivity index (χ4n) is 3.21. The van der Waals surface area contributed by atoms with Crippen LogP contribution in [-0.2, 0) is 6.18 Å². The standard InChI is InChI=1S/C19H17F3N6O2/c20-19(21,22)16-9-17(25-11-24-16)28-6-3-13(4-7-28)26-18(29)14-8-15(30-27-14)12-2-1-5-23-10-12/h1-2,5,8-11,13H,3-4,6-7H2,(H,26,29). The van der Waals surface area contributed by atoms with Crippen molar-refractivity contribution in [3.63, 3.8) is 0 Å². The van der Waals surface area contributed by atoms with E-state index in [1.807, 2.05) is 0 Å². The van der Waals surface area contributed by atoms with E-state index in [0.29, 0.717) is 37.3 Å². The van der Waals surface area contributed by atoms with Gasteiger partial charge >= 0.3 is 6.18 Å². The number of piperidine rings is 1. The number of alkyl halides is 3. The molecule has 0 radical (unpaired) electrons. The maximum absolute atomic E-state index is 12.8. The molecule has 0 atom stereocenters. The minimum atomic E-state index is -4.52. The number of halogens is 3. The molecule has 0 aliphatic carbocycles. The van der Waals surface area contributed by atoms with Crippen LogP contribution in [0.3, 0.4) is 0 Å². The number of anilines is 1. The van der Waals surface area contributed by atoms with Crippen molar-refractivity contribution in [3.8, 4) is 11.3 Å². The molecule has 1 saturated heterocycles. The summed E-state index contributed by atoms with van der Waals surface area (Å²) in [5.41, 5.74) is -0.110. The third-order valence-corrected chi connectivity index (χ3v) is 4.79. The van der Waals surface area contributed by atoms with Crippen LogP contribution in [0.25, 0.3) is 11.3 Å². The number of hydrogen-bond acceptors (Lipinski definition) is 7. The summed E-state index contributed by atoms with van der Waals surface area (Å²) in [6.45, 7) is 0.915. The Morgan fingerprint density at radius 3 is 2.70 bits per heavy atom. The maximum Gasteiger partial charge on any atom is 0.433 e. The van der Waals surface area contributed by atoms with Crippen LogP contribution in [0.1, 0.15) is 29.0 Å². The average Bonchev–Trinajstić information content (AvgIpc) is 3.25. The van der Waals surface area contributed by atoms with Crippen molar-refractivity contribution in [1.82, 2.24) is 25.4 Å². The van der Waals surface area contributed by atoms with Crippen molar-refractivity contribution in [2.45, 2.75) is 25.1 Å². The summed E-state index contributed by atoms with van der Waals surface area (Å²) in [4.78, 5) is 25.4. The highest BCUT2D eigenvalue weighted by atomic mass is 19.4. The van der Waals surface area contributed by atoms with Gasteiger partial charge in [0.2, 0.25) is 0 Å². The first-order chi connectivity index (χ1) is 14.4. The Morgan fingerprint density at radius 1 is 1.20 bits per heavy atom. The van der Waals surface area contributed by atoms with Gasteiger partial charge in [-0.2, -0.15) is 13.2 Å². The summed E-state index contributed by atoms with van der Waals surface area (Å²) in [7, 11) is 0. The molecule has 3 aromatic rings. The lowest BCUT2D eigenvalue weighted by atomic mass is 10.0. The van der Waals surface area contributed by atoms with E-state index in [-0.39, 0.29) is 23.5 Å². The van der Waals surface area contributed by atoms with E-state index in [9.17, 15) is 18.0 Å². The number of nitrogens with one attached hydrogen (secondary N) is 1. The predicted octanol–water partition coefficient (Wildman–Crippen LogP) is 2.94. The normalized spacial score (nSPS) is 15.2. The molecule has 1 fully saturated rings. The van der Waals surface area contributed by atoms with E-state index < -0.39 is 11.9 Å². The molecule has 0 bridgehead atoms. The highest BCUT2D eigenvalue weighted by Crippen LogP contribution is 2.29. The van der Waals surface area contributed by atoms with Crippen LogP contribution in [0, 0.1) is 0 Å². The lowest BCUT2D eigenvalue weighted by molar-refractivity contribution is -0.141. The van der Waals surface area contributed by atoms with Crippen LogP contribution >= 0.6 is 0 Å². The van der Waals surface area contributed by atoms with E-state index in [0.717, 1.165) is 12.4 Å². The molecule has 1 aliphatic heterocycles. The second-order valence-electron chi connectivity index (χ2n) is 6.81. The molecule has 11 heteroatoms. The fraction of sp³-hybridized carbons (Fsp3) is 0.316. The zero-order valence-corrected chi connectivity index (χ0v) is 15.6. The molecule has 4 heterocycles. The maximum atomic E-state index is 12.8. The zero-order chi connectivity index (χ0) is 21.1. The average molecular weight is 418 g/mol. The van der Waals surface area contributed by atoms with E-state index in [4.69, 9.17) is 4.52 Å². The predicted molar refractivity (Wildman–Crippen MR) is 99.5 cm³/mol. The van der Waals surface area contributed by atoms with Gasteiger partial charge in [-0.05, 0) is 25.0 Å². The van der Waals surface area contributed by atoms with E-state index in [1.54, 1.807) is 35.5 Å². The molecule has 3 aromatic heterocycles. The Labute approximate surface area is 169 Å². The molecule has 4 rings (SSSR count). The summed E-state index contributed by atoms with van der Waals surface area (Å²) < 4.78 is 43.7. The summed E-state index contributed by atoms with van der Waals surface area (Å²) >= 11 is 0. The monoisotopic (exact) mass is 418 g/mol. The number of nitrogens with zero attached hydrogens (tertiary/aromatic N) is 5. The Balaban J connectivity index is 1.34. The number of pyridine rings is 1. The highest BCUT2D eigenvalue weighted by Gasteiger charge is 2.33. The van der Waals surface area contributed by atoms with Crippen molar-refractivity contribution >= 4 is 11.7 Å². The van der Waals surface area contributed by atoms with Gasteiger partial charge in [-0.3, -0.25) is 9.78 Å². The molecular formula is C19H17F3N6O2. The molecule has 0 spiro atoms. The van der Waals surface area contributed by atoms with Crippen LogP contribution in [0.4, 0.5) is 19.0 Å². The summed E-state index contributed by atoms with van der Waals surface area (Å²) in [6, 6.07) is 5.90. The Bertz CT molecular complexity index is 1020. The molecule has 156 valence electrons. The first-order valence-electron chi connectivity index (χ1n) is 9.22. The SMILES string of the molecule is O=C(NC1CCN(c2cc(C(F)(F)F)ncn2)CC1)c1cc(-c2cccnc2)on1. The van der Waals surface area contributed by atoms with Gasteiger partial charge in [-0.25, -0.2) is 9.97 Å². The molecule has 0 saturated carbocycles. The van der Waals surface area contributed by atoms with Gasteiger partial charge in [0, 0.05) is 49.2 Å². The van der Waals surface area contributed by atoms with Crippen LogP contribution < -0.4 is 10.2 Å². The number of carbonyl (C=O) groups is 1. The quantitative estimate of drug-likeness (QED) is 0.696. The van der Waals surface area contributed by atoms with Crippen molar-refractivity contribution in [1.29, 1.82) is 0 Å². The number of aromatic nitrogens is 4. The number of carbonyl (C=O) groups excluding carboxylic acids is 1. The smallest absolute Gasteiger partial charge is 0.356 e. The number of rotatable bonds is 4. The molecule has 30 heavy (non-hydrogen) atoms. The van der Waals surface area contributed by atoms with Crippen molar-refractivity contribution in [3.05, 3.63) is 54.4 Å². The molecule has 0 unspecified atom stereocenters. The van der Waals surface area contributed by atoms with Gasteiger partial charge in [-0.1, -0.05) is 5.16 Å². The fourth-order valence-corrected chi connectivity index (χ4v) is 3.21. The molecule has 1 aliphatic rings. The highest BCUT2D eigenvalue weighted by molar-refractivity contribution is 5.93. The minimum absolute atomic E-state index is 0.129. The van der Waals surface area contributed by atoms with Crippen LogP contribution in [0.5, 0.6) is 0 Å². The molecule has 1 N–H and O–H groups in total. The molecule has 8 nitrogen and oxygen atoms in total. The number of hydrogen-bond donors (Lipinski definition) is 1. The van der Waals surface area contributed by atoms with Gasteiger partial charge in [-0.15, -0.1) is 0 Å². The summed E-state index contributed by atoms with van der Waals surface area (Å²) in [5.74, 6) is 0.292. The van der Waals surface area contributed by atoms with Crippen LogP contribution in [0.2, 0.25) is 0 Å². The van der Waals surface area contributed by atoms with Crippen LogP contribution in [0.15, 0.2) is 47.5 Å². The molecule has 0 aromatic carbocycles. The Kier molecular flexibility index (Phi) is 5.34. The second-order valence-corrected chi connectivity index (χ2v) is 6.81. The van der Waals surface area contributed by atoms with Gasteiger partial charge in [0.05, 0.1) is 0 Å². The largest absolute Gasteiger partial charge is 0.433 e. The zero-order valence-electron chi connectivity index (χ0n) is 15.6. The Hall–Kier alpha value is -3.50. The summed E-state index contributed by atoms with van der Waals surface area (Å²) in [6.07, 6.45) is 0.752. The van der Waals surface area contributed by atoms with Gasteiger partial charge in [0.1, 0.15) is 17.8 Å². The van der Waals surface area contributed by atoms with Crippen LogP contribution in [-0.4, -0.2) is 45.1 Å². The van der Waals surface area contributed by atoms with E-state index in [1.165, 1.54) is 0 Å². The van der Waals surface area contributed by atoms with Crippen molar-refractivity contribution < 1.29 is 22.5 Å². The third kappa shape index (κ3) is 4.39.